The van der Waals surface area contributed by atoms with Crippen molar-refractivity contribution in [1.29, 1.82) is 0 Å². The second kappa shape index (κ2) is 5.40. The SMILES string of the molecule is O=C(c1cccc(Cl)c1)N(O)c1ccc(Cl)cc1. The average molecular weight is 282 g/mol. The monoisotopic (exact) mass is 281 g/mol. The number of carbonyl (C=O) groups is 1. The minimum atomic E-state index is -0.556. The van der Waals surface area contributed by atoms with Crippen molar-refractivity contribution < 1.29 is 10.0 Å². The van der Waals surface area contributed by atoms with Crippen LogP contribution < -0.4 is 5.06 Å². The fraction of sp³-hybridized carbons (Fsp3) is 0. The number of nitrogens with zero attached hydrogens (tertiary/aromatic N) is 1. The van der Waals surface area contributed by atoms with Gasteiger partial charge in [-0.05, 0) is 42.5 Å². The Bertz CT molecular complexity index is 569. The van der Waals surface area contributed by atoms with Crippen LogP contribution in [0.2, 0.25) is 10.0 Å². The zero-order valence-corrected chi connectivity index (χ0v) is 10.7. The highest BCUT2D eigenvalue weighted by Gasteiger charge is 2.15. The molecule has 0 atom stereocenters. The maximum atomic E-state index is 12.0. The molecule has 0 aliphatic rings. The molecule has 0 saturated heterocycles. The molecule has 0 unspecified atom stereocenters. The first-order valence-electron chi connectivity index (χ1n) is 5.12. The molecule has 0 aromatic heterocycles. The molecule has 3 nitrogen and oxygen atoms in total. The van der Waals surface area contributed by atoms with Crippen LogP contribution in [0, 0.1) is 0 Å². The van der Waals surface area contributed by atoms with Crippen molar-refractivity contribution in [3.8, 4) is 0 Å². The predicted octanol–water partition coefficient (Wildman–Crippen LogP) is 4.03. The third-order valence-corrected chi connectivity index (χ3v) is 2.82. The number of hydrogen-bond acceptors (Lipinski definition) is 2. The van der Waals surface area contributed by atoms with Crippen molar-refractivity contribution in [3.05, 3.63) is 64.1 Å². The Kier molecular flexibility index (Phi) is 3.87. The summed E-state index contributed by atoms with van der Waals surface area (Å²) in [7, 11) is 0. The van der Waals surface area contributed by atoms with E-state index in [0.29, 0.717) is 26.4 Å². The molecule has 2 rings (SSSR count). The first-order chi connectivity index (χ1) is 8.58. The molecule has 1 amide bonds. The van der Waals surface area contributed by atoms with Crippen LogP contribution in [-0.4, -0.2) is 11.1 Å². The molecule has 0 spiro atoms. The van der Waals surface area contributed by atoms with Crippen LogP contribution in [0.1, 0.15) is 10.4 Å². The molecule has 1 N–H and O–H groups in total. The highest BCUT2D eigenvalue weighted by Crippen LogP contribution is 2.19. The van der Waals surface area contributed by atoms with Crippen LogP contribution in [0.4, 0.5) is 5.69 Å². The maximum Gasteiger partial charge on any atom is 0.282 e. The van der Waals surface area contributed by atoms with Gasteiger partial charge in [0.2, 0.25) is 0 Å². The zero-order valence-electron chi connectivity index (χ0n) is 9.18. The van der Waals surface area contributed by atoms with Crippen molar-refractivity contribution >= 4 is 34.8 Å². The van der Waals surface area contributed by atoms with Crippen LogP contribution >= 0.6 is 23.2 Å². The quantitative estimate of drug-likeness (QED) is 0.667. The van der Waals surface area contributed by atoms with Gasteiger partial charge in [0.05, 0.1) is 5.69 Å². The van der Waals surface area contributed by atoms with Gasteiger partial charge in [-0.25, -0.2) is 0 Å². The van der Waals surface area contributed by atoms with E-state index in [1.165, 1.54) is 6.07 Å². The number of rotatable bonds is 2. The Labute approximate surface area is 114 Å². The maximum absolute atomic E-state index is 12.0. The summed E-state index contributed by atoms with van der Waals surface area (Å²) in [5.74, 6) is -0.556. The second-order valence-electron chi connectivity index (χ2n) is 3.60. The van der Waals surface area contributed by atoms with Crippen LogP contribution in [0.15, 0.2) is 48.5 Å². The Hall–Kier alpha value is -1.55. The smallest absolute Gasteiger partial charge is 0.281 e. The van der Waals surface area contributed by atoms with Gasteiger partial charge in [0.15, 0.2) is 0 Å². The molecule has 92 valence electrons. The molecule has 18 heavy (non-hydrogen) atoms. The van der Waals surface area contributed by atoms with Crippen molar-refractivity contribution in [2.45, 2.75) is 0 Å². The summed E-state index contributed by atoms with van der Waals surface area (Å²) in [4.78, 5) is 12.0. The lowest BCUT2D eigenvalue weighted by Crippen LogP contribution is -2.26. The third-order valence-electron chi connectivity index (χ3n) is 2.34. The predicted molar refractivity (Wildman–Crippen MR) is 71.5 cm³/mol. The van der Waals surface area contributed by atoms with E-state index in [-0.39, 0.29) is 0 Å². The molecule has 0 aliphatic carbocycles. The lowest BCUT2D eigenvalue weighted by molar-refractivity contribution is 0.0855. The Morgan fingerprint density at radius 1 is 1.00 bits per heavy atom. The lowest BCUT2D eigenvalue weighted by Gasteiger charge is -2.15. The summed E-state index contributed by atoms with van der Waals surface area (Å²) in [5.41, 5.74) is 0.643. The number of hydrogen-bond donors (Lipinski definition) is 1. The van der Waals surface area contributed by atoms with Gasteiger partial charge in [0, 0.05) is 15.6 Å². The first-order valence-corrected chi connectivity index (χ1v) is 5.88. The van der Waals surface area contributed by atoms with Gasteiger partial charge in [-0.2, -0.15) is 5.06 Å². The van der Waals surface area contributed by atoms with Gasteiger partial charge >= 0.3 is 0 Å². The van der Waals surface area contributed by atoms with Crippen LogP contribution in [-0.2, 0) is 0 Å². The number of hydroxylamine groups is 1. The van der Waals surface area contributed by atoms with Gasteiger partial charge in [-0.1, -0.05) is 29.3 Å². The fourth-order valence-corrected chi connectivity index (χ4v) is 1.76. The van der Waals surface area contributed by atoms with Crippen LogP contribution in [0.5, 0.6) is 0 Å². The summed E-state index contributed by atoms with van der Waals surface area (Å²) in [6.45, 7) is 0. The molecule has 0 fully saturated rings. The molecular weight excluding hydrogens is 273 g/mol. The highest BCUT2D eigenvalue weighted by atomic mass is 35.5. The average Bonchev–Trinajstić information content (AvgIpc) is 2.38. The minimum absolute atomic E-state index is 0.306. The zero-order chi connectivity index (χ0) is 13.1. The topological polar surface area (TPSA) is 40.5 Å². The number of benzene rings is 2. The van der Waals surface area contributed by atoms with E-state index in [0.717, 1.165) is 0 Å². The normalized spacial score (nSPS) is 10.2. The van der Waals surface area contributed by atoms with E-state index >= 15 is 0 Å². The Morgan fingerprint density at radius 3 is 2.28 bits per heavy atom. The van der Waals surface area contributed by atoms with E-state index in [9.17, 15) is 10.0 Å². The van der Waals surface area contributed by atoms with E-state index in [4.69, 9.17) is 23.2 Å². The Balaban J connectivity index is 2.26. The second-order valence-corrected chi connectivity index (χ2v) is 4.48. The van der Waals surface area contributed by atoms with E-state index in [1.807, 2.05) is 0 Å². The molecule has 2 aromatic carbocycles. The number of amides is 1. The summed E-state index contributed by atoms with van der Waals surface area (Å²) in [5, 5.41) is 11.3. The van der Waals surface area contributed by atoms with Gasteiger partial charge in [0.1, 0.15) is 0 Å². The van der Waals surface area contributed by atoms with Crippen LogP contribution in [0.25, 0.3) is 0 Å². The number of anilines is 1. The summed E-state index contributed by atoms with van der Waals surface area (Å²) in [6.07, 6.45) is 0. The van der Waals surface area contributed by atoms with Crippen molar-refractivity contribution in [3.63, 3.8) is 0 Å². The minimum Gasteiger partial charge on any atom is -0.281 e. The van der Waals surface area contributed by atoms with Crippen molar-refractivity contribution in [1.82, 2.24) is 0 Å². The largest absolute Gasteiger partial charge is 0.282 e. The summed E-state index contributed by atoms with van der Waals surface area (Å²) >= 11 is 11.5. The third kappa shape index (κ3) is 2.82. The van der Waals surface area contributed by atoms with Crippen molar-refractivity contribution in [2.75, 3.05) is 5.06 Å². The lowest BCUT2D eigenvalue weighted by atomic mass is 10.2. The van der Waals surface area contributed by atoms with E-state index < -0.39 is 5.91 Å². The number of carbonyl (C=O) groups excluding carboxylic acids is 1. The molecule has 5 heteroatoms. The molecule has 0 radical (unpaired) electrons. The molecule has 0 aliphatic heterocycles. The van der Waals surface area contributed by atoms with Gasteiger partial charge < -0.3 is 0 Å². The van der Waals surface area contributed by atoms with E-state index in [2.05, 4.69) is 0 Å². The summed E-state index contributed by atoms with van der Waals surface area (Å²) in [6, 6.07) is 12.6. The molecular formula is C13H9Cl2NO2. The highest BCUT2D eigenvalue weighted by molar-refractivity contribution is 6.31. The number of halogens is 2. The molecule has 2 aromatic rings. The van der Waals surface area contributed by atoms with Gasteiger partial charge in [0.25, 0.3) is 5.91 Å². The Morgan fingerprint density at radius 2 is 1.67 bits per heavy atom. The van der Waals surface area contributed by atoms with Crippen molar-refractivity contribution in [2.24, 2.45) is 0 Å². The standard InChI is InChI=1S/C13H9Cl2NO2/c14-10-4-6-12(7-5-10)16(18)13(17)9-2-1-3-11(15)8-9/h1-8,18H. The van der Waals surface area contributed by atoms with Gasteiger partial charge in [-0.3, -0.25) is 10.0 Å². The molecule has 0 saturated carbocycles. The van der Waals surface area contributed by atoms with E-state index in [1.54, 1.807) is 42.5 Å². The summed E-state index contributed by atoms with van der Waals surface area (Å²) < 4.78 is 0. The molecule has 0 heterocycles. The fourth-order valence-electron chi connectivity index (χ4n) is 1.44. The molecule has 0 bridgehead atoms. The van der Waals surface area contributed by atoms with Crippen LogP contribution in [0.3, 0.4) is 0 Å². The first kappa shape index (κ1) is 12.9. The van der Waals surface area contributed by atoms with Gasteiger partial charge in [-0.15, -0.1) is 0 Å².